The van der Waals surface area contributed by atoms with Gasteiger partial charge in [-0.25, -0.2) is 0 Å². The number of rotatable bonds is 10. The number of thiol groups is 1. The van der Waals surface area contributed by atoms with Gasteiger partial charge in [-0.3, -0.25) is 0 Å². The van der Waals surface area contributed by atoms with Crippen molar-refractivity contribution < 1.29 is 13.3 Å². The summed E-state index contributed by atoms with van der Waals surface area (Å²) in [6.45, 7) is 10.0. The van der Waals surface area contributed by atoms with E-state index in [4.69, 9.17) is 13.3 Å². The highest BCUT2D eigenvalue weighted by Crippen LogP contribution is 2.21. The topological polar surface area (TPSA) is 27.7 Å². The average Bonchev–Trinajstić information content (AvgIpc) is 2.27. The molecule has 98 valence electrons. The summed E-state index contributed by atoms with van der Waals surface area (Å²) in [4.78, 5) is 0. The maximum absolute atomic E-state index is 5.77. The fraction of sp³-hybridized carbons (Fsp3) is 1.00. The molecule has 0 N–H and O–H groups in total. The van der Waals surface area contributed by atoms with E-state index >= 15 is 0 Å². The van der Waals surface area contributed by atoms with Crippen LogP contribution in [0.1, 0.15) is 40.5 Å². The van der Waals surface area contributed by atoms with Crippen molar-refractivity contribution in [2.75, 3.05) is 19.8 Å². The summed E-state index contributed by atoms with van der Waals surface area (Å²) in [5.41, 5.74) is 0. The van der Waals surface area contributed by atoms with Gasteiger partial charge in [-0.2, -0.15) is 12.6 Å². The molecule has 1 atom stereocenters. The maximum atomic E-state index is 5.77. The van der Waals surface area contributed by atoms with Crippen LogP contribution >= 0.6 is 12.6 Å². The normalized spacial score (nSPS) is 14.1. The molecule has 0 amide bonds. The van der Waals surface area contributed by atoms with E-state index in [1.54, 1.807) is 0 Å². The van der Waals surface area contributed by atoms with E-state index in [-0.39, 0.29) is 0 Å². The lowest BCUT2D eigenvalue weighted by atomic mass is 10.3. The van der Waals surface area contributed by atoms with Gasteiger partial charge in [-0.1, -0.05) is 6.92 Å². The summed E-state index contributed by atoms with van der Waals surface area (Å²) < 4.78 is 17.3. The second-order valence-electron chi connectivity index (χ2n) is 3.58. The van der Waals surface area contributed by atoms with Crippen LogP contribution in [0.2, 0.25) is 6.04 Å². The molecule has 0 spiro atoms. The molecule has 0 aromatic carbocycles. The van der Waals surface area contributed by atoms with Crippen LogP contribution in [-0.4, -0.2) is 33.9 Å². The third-order valence-electron chi connectivity index (χ3n) is 2.35. The minimum absolute atomic E-state index is 0.410. The van der Waals surface area contributed by atoms with E-state index < -0.39 is 8.80 Å². The van der Waals surface area contributed by atoms with E-state index in [0.717, 1.165) is 18.9 Å². The van der Waals surface area contributed by atoms with E-state index in [0.29, 0.717) is 25.1 Å². The first-order chi connectivity index (χ1) is 7.64. The zero-order valence-electron chi connectivity index (χ0n) is 11.0. The van der Waals surface area contributed by atoms with E-state index in [2.05, 4.69) is 19.6 Å². The Morgan fingerprint density at radius 2 is 1.38 bits per heavy atom. The van der Waals surface area contributed by atoms with Crippen molar-refractivity contribution in [2.45, 2.75) is 51.8 Å². The van der Waals surface area contributed by atoms with E-state index in [9.17, 15) is 0 Å². The highest BCUT2D eigenvalue weighted by Gasteiger charge is 2.40. The fourth-order valence-electron chi connectivity index (χ4n) is 1.55. The van der Waals surface area contributed by atoms with Gasteiger partial charge in [0.15, 0.2) is 0 Å². The van der Waals surface area contributed by atoms with Crippen LogP contribution in [0.4, 0.5) is 0 Å². The molecule has 3 nitrogen and oxygen atoms in total. The third-order valence-corrected chi connectivity index (χ3v) is 6.06. The van der Waals surface area contributed by atoms with Crippen molar-refractivity contribution in [3.63, 3.8) is 0 Å². The van der Waals surface area contributed by atoms with Crippen molar-refractivity contribution in [3.8, 4) is 0 Å². The highest BCUT2D eigenvalue weighted by molar-refractivity contribution is 7.80. The molecule has 16 heavy (non-hydrogen) atoms. The van der Waals surface area contributed by atoms with Crippen molar-refractivity contribution in [1.29, 1.82) is 0 Å². The van der Waals surface area contributed by atoms with Gasteiger partial charge >= 0.3 is 8.80 Å². The van der Waals surface area contributed by atoms with Crippen LogP contribution in [0.15, 0.2) is 0 Å². The molecule has 0 bridgehead atoms. The molecule has 0 saturated heterocycles. The molecule has 5 heteroatoms. The number of hydrogen-bond acceptors (Lipinski definition) is 4. The standard InChI is InChI=1S/C11H26O3SSi/c1-5-11(15)9-10-16(12-6-2,13-7-3)14-8-4/h11,15H,5-10H2,1-4H3. The van der Waals surface area contributed by atoms with Crippen molar-refractivity contribution in [1.82, 2.24) is 0 Å². The first kappa shape index (κ1) is 16.4. The molecule has 0 aromatic rings. The second-order valence-corrected chi connectivity index (χ2v) is 7.05. The molecule has 0 aliphatic carbocycles. The third kappa shape index (κ3) is 6.25. The molecular weight excluding hydrogens is 240 g/mol. The Morgan fingerprint density at radius 3 is 1.69 bits per heavy atom. The van der Waals surface area contributed by atoms with Crippen LogP contribution in [0, 0.1) is 0 Å². The Labute approximate surface area is 107 Å². The van der Waals surface area contributed by atoms with Gasteiger partial charge in [-0.05, 0) is 33.6 Å². The molecule has 0 aliphatic rings. The smallest absolute Gasteiger partial charge is 0.374 e. The van der Waals surface area contributed by atoms with E-state index in [1.165, 1.54) is 0 Å². The summed E-state index contributed by atoms with van der Waals surface area (Å²) in [5.74, 6) is 0. The minimum atomic E-state index is -2.42. The van der Waals surface area contributed by atoms with Gasteiger partial charge in [0.25, 0.3) is 0 Å². The monoisotopic (exact) mass is 266 g/mol. The minimum Gasteiger partial charge on any atom is -0.374 e. The van der Waals surface area contributed by atoms with Crippen molar-refractivity contribution in [3.05, 3.63) is 0 Å². The number of hydrogen-bond donors (Lipinski definition) is 1. The Bertz CT molecular complexity index is 152. The van der Waals surface area contributed by atoms with Crippen LogP contribution < -0.4 is 0 Å². The van der Waals surface area contributed by atoms with Gasteiger partial charge in [0.2, 0.25) is 0 Å². The summed E-state index contributed by atoms with van der Waals surface area (Å²) in [7, 11) is -2.42. The zero-order chi connectivity index (χ0) is 12.4. The van der Waals surface area contributed by atoms with Gasteiger partial charge in [-0.15, -0.1) is 0 Å². The molecule has 0 aliphatic heterocycles. The molecule has 0 saturated carbocycles. The van der Waals surface area contributed by atoms with Crippen LogP contribution in [0.25, 0.3) is 0 Å². The van der Waals surface area contributed by atoms with Gasteiger partial charge in [0, 0.05) is 31.1 Å². The molecule has 0 radical (unpaired) electrons. The van der Waals surface area contributed by atoms with E-state index in [1.807, 2.05) is 20.8 Å². The summed E-state index contributed by atoms with van der Waals surface area (Å²) in [6.07, 6.45) is 2.06. The SMILES string of the molecule is CCO[Si](CCC(S)CC)(OCC)OCC. The Hall–Kier alpha value is 0.447. The van der Waals surface area contributed by atoms with Gasteiger partial charge < -0.3 is 13.3 Å². The predicted molar refractivity (Wildman–Crippen MR) is 73.1 cm³/mol. The van der Waals surface area contributed by atoms with Crippen molar-refractivity contribution in [2.24, 2.45) is 0 Å². The zero-order valence-corrected chi connectivity index (χ0v) is 12.9. The van der Waals surface area contributed by atoms with Crippen LogP contribution in [0.3, 0.4) is 0 Å². The predicted octanol–water partition coefficient (Wildman–Crippen LogP) is 3.13. The van der Waals surface area contributed by atoms with Crippen LogP contribution in [0.5, 0.6) is 0 Å². The summed E-state index contributed by atoms with van der Waals surface area (Å²) >= 11 is 4.50. The molecule has 0 rings (SSSR count). The first-order valence-corrected chi connectivity index (χ1v) is 8.68. The molecule has 1 unspecified atom stereocenters. The molecule has 0 heterocycles. The summed E-state index contributed by atoms with van der Waals surface area (Å²) in [6, 6.07) is 0.866. The lowest BCUT2D eigenvalue weighted by Gasteiger charge is -2.29. The lowest BCUT2D eigenvalue weighted by Crippen LogP contribution is -2.46. The highest BCUT2D eigenvalue weighted by atomic mass is 32.1. The Balaban J connectivity index is 4.34. The van der Waals surface area contributed by atoms with Gasteiger partial charge in [0.1, 0.15) is 0 Å². The Morgan fingerprint density at radius 1 is 0.938 bits per heavy atom. The largest absolute Gasteiger partial charge is 0.500 e. The maximum Gasteiger partial charge on any atom is 0.500 e. The Kier molecular flexibility index (Phi) is 9.74. The lowest BCUT2D eigenvalue weighted by molar-refractivity contribution is 0.0708. The first-order valence-electron chi connectivity index (χ1n) is 6.24. The summed E-state index contributed by atoms with van der Waals surface area (Å²) in [5, 5.41) is 0.410. The second kappa shape index (κ2) is 9.47. The molecule has 0 aromatic heterocycles. The van der Waals surface area contributed by atoms with Crippen LogP contribution in [-0.2, 0) is 13.3 Å². The average molecular weight is 266 g/mol. The fourth-order valence-corrected chi connectivity index (χ4v) is 4.63. The van der Waals surface area contributed by atoms with Gasteiger partial charge in [0.05, 0.1) is 0 Å². The molecule has 0 fully saturated rings. The molecular formula is C11H26O3SSi. The quantitative estimate of drug-likeness (QED) is 0.486. The van der Waals surface area contributed by atoms with Crippen molar-refractivity contribution >= 4 is 21.4 Å².